The molecule has 148 valence electrons. The Morgan fingerprint density at radius 2 is 2.18 bits per heavy atom. The number of rotatable bonds is 4. The van der Waals surface area contributed by atoms with Gasteiger partial charge in [0.05, 0.1) is 29.6 Å². The van der Waals surface area contributed by atoms with Crippen LogP contribution in [0.2, 0.25) is 0 Å². The molecule has 3 N–H and O–H groups in total. The summed E-state index contributed by atoms with van der Waals surface area (Å²) in [4.78, 5) is 9.03. The van der Waals surface area contributed by atoms with Crippen molar-refractivity contribution in [1.29, 1.82) is 0 Å². The summed E-state index contributed by atoms with van der Waals surface area (Å²) in [5.41, 5.74) is 0.938. The molecule has 0 saturated heterocycles. The largest absolute Gasteiger partial charge is 0.390 e. The van der Waals surface area contributed by atoms with E-state index in [0.29, 0.717) is 29.3 Å². The molecule has 3 aliphatic rings. The standard InChI is InChI=1S/C20H22F2N4O2/c1-2-23-13-7-11(6-5-10-3-4-10)25-18-14(13)24-9-26(18)15-12-8-20(12,19(21)22)17(28)16(15)27/h7,9-10,12,15-17,19,27-28H,2-4,8H2,1H3,(H,23,25)/t12-,15-,16+,17+,20+/m1/s1. The van der Waals surface area contributed by atoms with Gasteiger partial charge in [0.15, 0.2) is 5.65 Å². The number of alkyl halides is 2. The smallest absolute Gasteiger partial charge is 0.247 e. The Morgan fingerprint density at radius 3 is 2.82 bits per heavy atom. The van der Waals surface area contributed by atoms with Crippen LogP contribution in [-0.2, 0) is 0 Å². The third-order valence-corrected chi connectivity index (χ3v) is 6.35. The van der Waals surface area contributed by atoms with E-state index in [0.717, 1.165) is 18.5 Å². The number of nitrogens with one attached hydrogen (secondary N) is 1. The highest BCUT2D eigenvalue weighted by atomic mass is 19.3. The second-order valence-corrected chi connectivity index (χ2v) is 8.10. The molecule has 8 heteroatoms. The van der Waals surface area contributed by atoms with Gasteiger partial charge < -0.3 is 20.1 Å². The van der Waals surface area contributed by atoms with Gasteiger partial charge in [-0.05, 0) is 44.1 Å². The number of anilines is 1. The Morgan fingerprint density at radius 1 is 1.39 bits per heavy atom. The number of halogens is 2. The molecule has 3 fully saturated rings. The molecule has 0 radical (unpaired) electrons. The monoisotopic (exact) mass is 388 g/mol. The lowest BCUT2D eigenvalue weighted by molar-refractivity contribution is -0.0663. The lowest BCUT2D eigenvalue weighted by Crippen LogP contribution is -2.36. The normalized spacial score (nSPS) is 33.6. The first-order chi connectivity index (χ1) is 13.5. The average molecular weight is 388 g/mol. The molecule has 2 aromatic rings. The lowest BCUT2D eigenvalue weighted by Gasteiger charge is -2.23. The Labute approximate surface area is 161 Å². The summed E-state index contributed by atoms with van der Waals surface area (Å²) in [5, 5.41) is 24.1. The van der Waals surface area contributed by atoms with Crippen LogP contribution in [0.4, 0.5) is 14.5 Å². The van der Waals surface area contributed by atoms with Crippen molar-refractivity contribution in [3.8, 4) is 11.8 Å². The van der Waals surface area contributed by atoms with Gasteiger partial charge >= 0.3 is 0 Å². The van der Waals surface area contributed by atoms with Crippen molar-refractivity contribution in [1.82, 2.24) is 14.5 Å². The van der Waals surface area contributed by atoms with E-state index < -0.39 is 36.0 Å². The number of fused-ring (bicyclic) bond motifs is 2. The van der Waals surface area contributed by atoms with Crippen LogP contribution >= 0.6 is 0 Å². The van der Waals surface area contributed by atoms with Gasteiger partial charge in [0.2, 0.25) is 6.43 Å². The van der Waals surface area contributed by atoms with E-state index in [2.05, 4.69) is 27.1 Å². The maximum absolute atomic E-state index is 13.6. The van der Waals surface area contributed by atoms with E-state index in [1.165, 1.54) is 6.33 Å². The number of imidazole rings is 1. The summed E-state index contributed by atoms with van der Waals surface area (Å²) >= 11 is 0. The third kappa shape index (κ3) is 2.46. The van der Waals surface area contributed by atoms with Crippen LogP contribution in [0.3, 0.4) is 0 Å². The van der Waals surface area contributed by atoms with E-state index >= 15 is 0 Å². The zero-order valence-corrected chi connectivity index (χ0v) is 15.4. The number of pyridine rings is 1. The Kier molecular flexibility index (Phi) is 3.90. The molecule has 0 unspecified atom stereocenters. The Bertz CT molecular complexity index is 993. The van der Waals surface area contributed by atoms with Crippen LogP contribution in [0.15, 0.2) is 12.4 Å². The quantitative estimate of drug-likeness (QED) is 0.700. The fourth-order valence-electron chi connectivity index (χ4n) is 4.60. The summed E-state index contributed by atoms with van der Waals surface area (Å²) in [6.07, 6.45) is -1.48. The molecular weight excluding hydrogens is 366 g/mol. The van der Waals surface area contributed by atoms with Gasteiger partial charge in [-0.3, -0.25) is 0 Å². The topological polar surface area (TPSA) is 83.2 Å². The Balaban J connectivity index is 1.60. The van der Waals surface area contributed by atoms with Gasteiger partial charge in [0.25, 0.3) is 0 Å². The molecular formula is C20H22F2N4O2. The molecule has 3 saturated carbocycles. The summed E-state index contributed by atoms with van der Waals surface area (Å²) in [7, 11) is 0. The first-order valence-electron chi connectivity index (χ1n) is 9.74. The fourth-order valence-corrected chi connectivity index (χ4v) is 4.60. The van der Waals surface area contributed by atoms with E-state index in [1.807, 2.05) is 13.0 Å². The molecule has 5 atom stereocenters. The van der Waals surface area contributed by atoms with Crippen LogP contribution < -0.4 is 5.32 Å². The number of nitrogens with zero attached hydrogens (tertiary/aromatic N) is 3. The van der Waals surface area contributed by atoms with Crippen LogP contribution in [0.1, 0.15) is 37.9 Å². The van der Waals surface area contributed by atoms with Crippen LogP contribution in [0, 0.1) is 29.1 Å². The number of aliphatic hydroxyl groups is 2. The van der Waals surface area contributed by atoms with Crippen molar-refractivity contribution >= 4 is 16.9 Å². The molecule has 0 aliphatic heterocycles. The number of aliphatic hydroxyl groups excluding tert-OH is 2. The van der Waals surface area contributed by atoms with E-state index in [-0.39, 0.29) is 6.42 Å². The van der Waals surface area contributed by atoms with Gasteiger partial charge in [-0.2, -0.15) is 0 Å². The molecule has 3 aliphatic carbocycles. The third-order valence-electron chi connectivity index (χ3n) is 6.35. The van der Waals surface area contributed by atoms with Crippen molar-refractivity contribution in [3.63, 3.8) is 0 Å². The first-order valence-corrected chi connectivity index (χ1v) is 9.74. The van der Waals surface area contributed by atoms with E-state index in [9.17, 15) is 19.0 Å². The predicted octanol–water partition coefficient (Wildman–Crippen LogP) is 2.17. The molecule has 6 nitrogen and oxygen atoms in total. The average Bonchev–Trinajstić information content (AvgIpc) is 3.56. The maximum atomic E-state index is 13.6. The SMILES string of the molecule is CCNc1cc(C#CC2CC2)nc2c1ncn2[C@H]1[C@H](O)[C@H](O)[C@]2(C(F)F)C[C@H]12. The van der Waals surface area contributed by atoms with Crippen LogP contribution in [0.5, 0.6) is 0 Å². The summed E-state index contributed by atoms with van der Waals surface area (Å²) in [6.45, 7) is 2.65. The van der Waals surface area contributed by atoms with Gasteiger partial charge in [0, 0.05) is 12.5 Å². The van der Waals surface area contributed by atoms with Gasteiger partial charge in [-0.25, -0.2) is 18.7 Å². The highest BCUT2D eigenvalue weighted by Crippen LogP contribution is 2.70. The molecule has 0 bridgehead atoms. The van der Waals surface area contributed by atoms with Crippen molar-refractivity contribution in [3.05, 3.63) is 18.1 Å². The predicted molar refractivity (Wildman–Crippen MR) is 98.9 cm³/mol. The fraction of sp³-hybridized carbons (Fsp3) is 0.600. The second kappa shape index (κ2) is 6.13. The minimum atomic E-state index is -2.67. The van der Waals surface area contributed by atoms with Gasteiger partial charge in [-0.15, -0.1) is 0 Å². The minimum absolute atomic E-state index is 0.189. The van der Waals surface area contributed by atoms with Gasteiger partial charge in [0.1, 0.15) is 17.3 Å². The highest BCUT2D eigenvalue weighted by Gasteiger charge is 2.75. The molecule has 0 spiro atoms. The van der Waals surface area contributed by atoms with E-state index in [4.69, 9.17) is 0 Å². The van der Waals surface area contributed by atoms with Crippen molar-refractivity contribution in [2.75, 3.05) is 11.9 Å². The first kappa shape index (κ1) is 17.8. The lowest BCUT2D eigenvalue weighted by atomic mass is 10.00. The van der Waals surface area contributed by atoms with E-state index in [1.54, 1.807) is 4.57 Å². The summed E-state index contributed by atoms with van der Waals surface area (Å²) < 4.78 is 28.8. The maximum Gasteiger partial charge on any atom is 0.247 e. The minimum Gasteiger partial charge on any atom is -0.390 e. The molecule has 0 amide bonds. The number of hydrogen-bond donors (Lipinski definition) is 3. The second-order valence-electron chi connectivity index (χ2n) is 8.10. The van der Waals surface area contributed by atoms with Crippen LogP contribution in [-0.4, -0.2) is 49.9 Å². The molecule has 2 aromatic heterocycles. The summed E-state index contributed by atoms with van der Waals surface area (Å²) in [6, 6.07) is 1.17. The number of aromatic nitrogens is 3. The molecule has 5 rings (SSSR count). The summed E-state index contributed by atoms with van der Waals surface area (Å²) in [5.74, 6) is 6.21. The van der Waals surface area contributed by atoms with Crippen molar-refractivity contribution < 1.29 is 19.0 Å². The van der Waals surface area contributed by atoms with Crippen molar-refractivity contribution in [2.24, 2.45) is 17.3 Å². The Hall–Kier alpha value is -2.24. The van der Waals surface area contributed by atoms with Crippen molar-refractivity contribution in [2.45, 2.75) is 50.9 Å². The molecule has 2 heterocycles. The molecule has 0 aromatic carbocycles. The highest BCUT2D eigenvalue weighted by molar-refractivity contribution is 5.86. The zero-order chi connectivity index (χ0) is 19.6. The van der Waals surface area contributed by atoms with Gasteiger partial charge in [-0.1, -0.05) is 5.92 Å². The van der Waals surface area contributed by atoms with Crippen LogP contribution in [0.25, 0.3) is 11.2 Å². The molecule has 28 heavy (non-hydrogen) atoms. The zero-order valence-electron chi connectivity index (χ0n) is 15.4. The number of hydrogen-bond acceptors (Lipinski definition) is 5.